The van der Waals surface area contributed by atoms with E-state index in [9.17, 15) is 4.39 Å². The van der Waals surface area contributed by atoms with Crippen molar-refractivity contribution in [2.45, 2.75) is 25.8 Å². The molecule has 2 rings (SSSR count). The highest BCUT2D eigenvalue weighted by molar-refractivity contribution is 9.10. The van der Waals surface area contributed by atoms with Gasteiger partial charge >= 0.3 is 0 Å². The van der Waals surface area contributed by atoms with E-state index >= 15 is 0 Å². The van der Waals surface area contributed by atoms with Crippen molar-refractivity contribution in [1.29, 1.82) is 0 Å². The van der Waals surface area contributed by atoms with Crippen molar-refractivity contribution >= 4 is 15.9 Å². The Morgan fingerprint density at radius 3 is 2.86 bits per heavy atom. The van der Waals surface area contributed by atoms with Crippen LogP contribution < -0.4 is 5.32 Å². The third-order valence-corrected chi connectivity index (χ3v) is 3.65. The summed E-state index contributed by atoms with van der Waals surface area (Å²) in [6, 6.07) is 3.44. The summed E-state index contributed by atoms with van der Waals surface area (Å²) in [4.78, 5) is 0. The fourth-order valence-electron chi connectivity index (χ4n) is 1.99. The van der Waals surface area contributed by atoms with E-state index in [0.717, 1.165) is 18.7 Å². The zero-order chi connectivity index (χ0) is 10.3. The third-order valence-electron chi connectivity index (χ3n) is 2.79. The first-order valence-electron chi connectivity index (χ1n) is 4.70. The van der Waals surface area contributed by atoms with E-state index in [1.807, 2.05) is 6.07 Å². The van der Waals surface area contributed by atoms with Crippen molar-refractivity contribution in [3.8, 4) is 0 Å². The zero-order valence-corrected chi connectivity index (χ0v) is 9.91. The summed E-state index contributed by atoms with van der Waals surface area (Å²) < 4.78 is 13.9. The number of benzene rings is 1. The van der Waals surface area contributed by atoms with Crippen LogP contribution in [-0.4, -0.2) is 6.54 Å². The number of rotatable bonds is 0. The molecule has 3 heteroatoms. The predicted octanol–water partition coefficient (Wildman–Crippen LogP) is 2.97. The van der Waals surface area contributed by atoms with Crippen molar-refractivity contribution in [1.82, 2.24) is 5.32 Å². The number of nitrogens with one attached hydrogen (secondary N) is 1. The van der Waals surface area contributed by atoms with Crippen molar-refractivity contribution < 1.29 is 4.39 Å². The molecule has 0 bridgehead atoms. The summed E-state index contributed by atoms with van der Waals surface area (Å²) >= 11 is 3.30. The lowest BCUT2D eigenvalue weighted by atomic mass is 9.79. The van der Waals surface area contributed by atoms with Crippen molar-refractivity contribution in [3.05, 3.63) is 33.5 Å². The monoisotopic (exact) mass is 257 g/mol. The van der Waals surface area contributed by atoms with Gasteiger partial charge in [0.1, 0.15) is 5.82 Å². The topological polar surface area (TPSA) is 12.0 Å². The predicted molar refractivity (Wildman–Crippen MR) is 58.8 cm³/mol. The second-order valence-electron chi connectivity index (χ2n) is 4.37. The van der Waals surface area contributed by atoms with E-state index in [1.54, 1.807) is 0 Å². The normalized spacial score (nSPS) is 19.1. The Balaban J connectivity index is 2.62. The molecule has 1 aliphatic rings. The van der Waals surface area contributed by atoms with Crippen LogP contribution in [0.1, 0.15) is 25.0 Å². The van der Waals surface area contributed by atoms with E-state index in [2.05, 4.69) is 35.1 Å². The van der Waals surface area contributed by atoms with Crippen LogP contribution in [0.15, 0.2) is 16.6 Å². The van der Waals surface area contributed by atoms with Gasteiger partial charge in [-0.05, 0) is 33.1 Å². The summed E-state index contributed by atoms with van der Waals surface area (Å²) in [5.74, 6) is -0.178. The summed E-state index contributed by atoms with van der Waals surface area (Å²) in [5, 5.41) is 3.30. The molecule has 1 nitrogen and oxygen atoms in total. The molecule has 1 aromatic carbocycles. The average molecular weight is 258 g/mol. The second kappa shape index (κ2) is 3.31. The van der Waals surface area contributed by atoms with E-state index in [1.165, 1.54) is 11.6 Å². The third kappa shape index (κ3) is 1.48. The number of hydrogen-bond donors (Lipinski definition) is 1. The number of fused-ring (bicyclic) bond motifs is 1. The average Bonchev–Trinajstić information content (AvgIpc) is 2.11. The molecule has 0 amide bonds. The van der Waals surface area contributed by atoms with Crippen molar-refractivity contribution in [2.75, 3.05) is 6.54 Å². The first-order chi connectivity index (χ1) is 6.52. The minimum absolute atomic E-state index is 0.0871. The molecular weight excluding hydrogens is 245 g/mol. The van der Waals surface area contributed by atoms with Gasteiger partial charge in [-0.1, -0.05) is 19.9 Å². The van der Waals surface area contributed by atoms with E-state index < -0.39 is 0 Å². The Morgan fingerprint density at radius 1 is 1.43 bits per heavy atom. The van der Waals surface area contributed by atoms with Crippen LogP contribution >= 0.6 is 15.9 Å². The molecule has 0 unspecified atom stereocenters. The summed E-state index contributed by atoms with van der Waals surface area (Å²) in [6.07, 6.45) is 0. The SMILES string of the molecule is CC1(C)CNCc2c1ccc(F)c2Br. The lowest BCUT2D eigenvalue weighted by Gasteiger charge is -2.33. The van der Waals surface area contributed by atoms with Gasteiger partial charge in [-0.2, -0.15) is 0 Å². The lowest BCUT2D eigenvalue weighted by molar-refractivity contribution is 0.431. The highest BCUT2D eigenvalue weighted by Crippen LogP contribution is 2.34. The quantitative estimate of drug-likeness (QED) is 0.754. The van der Waals surface area contributed by atoms with E-state index in [-0.39, 0.29) is 11.2 Å². The molecule has 1 aromatic rings. The van der Waals surface area contributed by atoms with Gasteiger partial charge in [0, 0.05) is 18.5 Å². The van der Waals surface area contributed by atoms with Gasteiger partial charge in [-0.3, -0.25) is 0 Å². The minimum atomic E-state index is -0.178. The van der Waals surface area contributed by atoms with Crippen LogP contribution in [0.25, 0.3) is 0 Å². The second-order valence-corrected chi connectivity index (χ2v) is 5.17. The minimum Gasteiger partial charge on any atom is -0.312 e. The van der Waals surface area contributed by atoms with Crippen LogP contribution in [0.5, 0.6) is 0 Å². The van der Waals surface area contributed by atoms with Gasteiger partial charge in [0.25, 0.3) is 0 Å². The maximum absolute atomic E-state index is 13.3. The molecule has 0 radical (unpaired) electrons. The largest absolute Gasteiger partial charge is 0.312 e. The van der Waals surface area contributed by atoms with Gasteiger partial charge in [0.15, 0.2) is 0 Å². The molecule has 14 heavy (non-hydrogen) atoms. The number of halogens is 2. The smallest absolute Gasteiger partial charge is 0.137 e. The molecule has 1 N–H and O–H groups in total. The Bertz CT molecular complexity index is 374. The van der Waals surface area contributed by atoms with Crippen molar-refractivity contribution in [2.24, 2.45) is 0 Å². The van der Waals surface area contributed by atoms with Gasteiger partial charge in [0.05, 0.1) is 4.47 Å². The maximum atomic E-state index is 13.3. The van der Waals surface area contributed by atoms with E-state index in [0.29, 0.717) is 4.47 Å². The van der Waals surface area contributed by atoms with Gasteiger partial charge < -0.3 is 5.32 Å². The Hall–Kier alpha value is -0.410. The van der Waals surface area contributed by atoms with Gasteiger partial charge in [-0.25, -0.2) is 4.39 Å². The van der Waals surface area contributed by atoms with Crippen LogP contribution in [0, 0.1) is 5.82 Å². The van der Waals surface area contributed by atoms with Gasteiger partial charge in [0.2, 0.25) is 0 Å². The highest BCUT2D eigenvalue weighted by atomic mass is 79.9. The first kappa shape index (κ1) is 10.1. The molecular formula is C11H13BrFN. The summed E-state index contributed by atoms with van der Waals surface area (Å²) in [5.41, 5.74) is 2.38. The molecule has 0 aromatic heterocycles. The zero-order valence-electron chi connectivity index (χ0n) is 8.32. The van der Waals surface area contributed by atoms with Gasteiger partial charge in [-0.15, -0.1) is 0 Å². The lowest BCUT2D eigenvalue weighted by Crippen LogP contribution is -2.38. The van der Waals surface area contributed by atoms with Crippen LogP contribution in [0.3, 0.4) is 0 Å². The Kier molecular flexibility index (Phi) is 2.40. The standard InChI is InChI=1S/C11H13BrFN/c1-11(2)6-14-5-7-8(11)3-4-9(13)10(7)12/h3-4,14H,5-6H2,1-2H3. The Morgan fingerprint density at radius 2 is 2.14 bits per heavy atom. The molecule has 1 heterocycles. The first-order valence-corrected chi connectivity index (χ1v) is 5.50. The highest BCUT2D eigenvalue weighted by Gasteiger charge is 2.28. The fourth-order valence-corrected chi connectivity index (χ4v) is 2.48. The van der Waals surface area contributed by atoms with Crippen LogP contribution in [-0.2, 0) is 12.0 Å². The van der Waals surface area contributed by atoms with Crippen LogP contribution in [0.4, 0.5) is 4.39 Å². The molecule has 1 aliphatic heterocycles. The fraction of sp³-hybridized carbons (Fsp3) is 0.455. The van der Waals surface area contributed by atoms with Crippen molar-refractivity contribution in [3.63, 3.8) is 0 Å². The maximum Gasteiger partial charge on any atom is 0.137 e. The van der Waals surface area contributed by atoms with Crippen LogP contribution in [0.2, 0.25) is 0 Å². The number of hydrogen-bond acceptors (Lipinski definition) is 1. The molecule has 0 aliphatic carbocycles. The van der Waals surface area contributed by atoms with E-state index in [4.69, 9.17) is 0 Å². The molecule has 0 fully saturated rings. The molecule has 0 atom stereocenters. The molecule has 0 saturated heterocycles. The summed E-state index contributed by atoms with van der Waals surface area (Å²) in [6.45, 7) is 6.03. The Labute approximate surface area is 91.8 Å². The summed E-state index contributed by atoms with van der Waals surface area (Å²) in [7, 11) is 0. The molecule has 0 spiro atoms. The molecule has 76 valence electrons. The molecule has 0 saturated carbocycles.